The maximum absolute atomic E-state index is 13.5. The minimum absolute atomic E-state index is 0.125. The molecule has 1 fully saturated rings. The molecule has 3 N–H and O–H groups in total. The number of hydrogen-bond donors (Lipinski definition) is 3. The van der Waals surface area contributed by atoms with Crippen LogP contribution < -0.4 is 10.1 Å². The second-order valence-corrected chi connectivity index (χ2v) is 9.80. The van der Waals surface area contributed by atoms with Gasteiger partial charge in [0, 0.05) is 37.8 Å². The van der Waals surface area contributed by atoms with E-state index >= 15 is 0 Å². The predicted molar refractivity (Wildman–Crippen MR) is 132 cm³/mol. The first-order valence-corrected chi connectivity index (χ1v) is 12.5. The quantitative estimate of drug-likeness (QED) is 0.530. The van der Waals surface area contributed by atoms with Crippen molar-refractivity contribution in [2.75, 3.05) is 33.3 Å². The number of aliphatic hydroxyl groups excluding tert-OH is 1. The largest absolute Gasteiger partial charge is 0.472 e. The number of pyridine rings is 1. The van der Waals surface area contributed by atoms with Crippen LogP contribution in [0.1, 0.15) is 68.8 Å². The van der Waals surface area contributed by atoms with Crippen LogP contribution in [0.2, 0.25) is 0 Å². The van der Waals surface area contributed by atoms with Crippen LogP contribution in [-0.2, 0) is 0 Å². The molecular formula is C26H38N4O5. The summed E-state index contributed by atoms with van der Waals surface area (Å²) in [6, 6.07) is 1.04. The van der Waals surface area contributed by atoms with E-state index in [1.165, 1.54) is 6.20 Å². The zero-order valence-electron chi connectivity index (χ0n) is 21.2. The fraction of sp³-hybridized carbons (Fsp3) is 0.654. The predicted octanol–water partition coefficient (Wildman–Crippen LogP) is 2.01. The Labute approximate surface area is 207 Å². The smallest absolute Gasteiger partial charge is 0.317 e. The minimum atomic E-state index is -0.994. The maximum Gasteiger partial charge on any atom is 0.317 e. The summed E-state index contributed by atoms with van der Waals surface area (Å²) in [5, 5.41) is 23.2. The Balaban J connectivity index is 1.92. The molecule has 0 aromatic carbocycles. The van der Waals surface area contributed by atoms with Gasteiger partial charge in [0.25, 0.3) is 5.91 Å². The Morgan fingerprint density at radius 2 is 2.14 bits per heavy atom. The Bertz CT molecular complexity index is 966. The molecule has 1 aromatic heterocycles. The average molecular weight is 487 g/mol. The summed E-state index contributed by atoms with van der Waals surface area (Å²) in [6.07, 6.45) is 5.12. The van der Waals surface area contributed by atoms with Gasteiger partial charge in [0.05, 0.1) is 19.2 Å². The van der Waals surface area contributed by atoms with Gasteiger partial charge in [-0.05, 0) is 45.1 Å². The second-order valence-electron chi connectivity index (χ2n) is 9.80. The summed E-state index contributed by atoms with van der Waals surface area (Å²) in [7, 11) is 1.71. The number of nitrogens with zero attached hydrogens (tertiary/aromatic N) is 3. The van der Waals surface area contributed by atoms with Gasteiger partial charge in [0.15, 0.2) is 0 Å². The Kier molecular flexibility index (Phi) is 8.98. The van der Waals surface area contributed by atoms with E-state index in [9.17, 15) is 19.8 Å². The van der Waals surface area contributed by atoms with Crippen molar-refractivity contribution < 1.29 is 24.5 Å². The number of hydrogen-bond acceptors (Lipinski definition) is 6. The number of fused-ring (bicyclic) bond motifs is 1. The SMILES string of the molecule is CCCNC(=O)N(C)C[C@H]1Oc2ncc(C#CC3(O)CCCC3)cc2C(=O)N([C@H](C)CO)C[C@H]1C. The summed E-state index contributed by atoms with van der Waals surface area (Å²) in [6.45, 7) is 6.80. The highest BCUT2D eigenvalue weighted by molar-refractivity contribution is 5.97. The highest BCUT2D eigenvalue weighted by Crippen LogP contribution is 2.30. The normalized spacial score (nSPS) is 22.1. The van der Waals surface area contributed by atoms with Crippen molar-refractivity contribution in [3.63, 3.8) is 0 Å². The minimum Gasteiger partial charge on any atom is -0.472 e. The number of rotatable bonds is 6. The average Bonchev–Trinajstić information content (AvgIpc) is 3.29. The molecule has 2 aliphatic rings. The van der Waals surface area contributed by atoms with Crippen LogP contribution in [0.15, 0.2) is 12.3 Å². The monoisotopic (exact) mass is 486 g/mol. The van der Waals surface area contributed by atoms with Gasteiger partial charge in [-0.3, -0.25) is 4.79 Å². The second kappa shape index (κ2) is 11.7. The fourth-order valence-electron chi connectivity index (χ4n) is 4.38. The van der Waals surface area contributed by atoms with Crippen LogP contribution in [0.25, 0.3) is 0 Å². The summed E-state index contributed by atoms with van der Waals surface area (Å²) in [4.78, 5) is 33.5. The molecule has 0 bridgehead atoms. The van der Waals surface area contributed by atoms with Crippen molar-refractivity contribution in [1.29, 1.82) is 0 Å². The summed E-state index contributed by atoms with van der Waals surface area (Å²) in [5.41, 5.74) is -0.226. The van der Waals surface area contributed by atoms with Crippen LogP contribution in [0.3, 0.4) is 0 Å². The summed E-state index contributed by atoms with van der Waals surface area (Å²) < 4.78 is 6.22. The molecule has 0 saturated heterocycles. The molecule has 0 radical (unpaired) electrons. The third-order valence-corrected chi connectivity index (χ3v) is 6.72. The molecule has 3 atom stereocenters. The van der Waals surface area contributed by atoms with E-state index in [1.807, 2.05) is 13.8 Å². The van der Waals surface area contributed by atoms with E-state index in [-0.39, 0.29) is 35.9 Å². The van der Waals surface area contributed by atoms with Gasteiger partial charge in [0.1, 0.15) is 17.3 Å². The lowest BCUT2D eigenvalue weighted by Gasteiger charge is -2.37. The van der Waals surface area contributed by atoms with E-state index in [1.54, 1.807) is 29.8 Å². The lowest BCUT2D eigenvalue weighted by Crippen LogP contribution is -2.51. The number of aliphatic hydroxyl groups is 2. The van der Waals surface area contributed by atoms with Crippen molar-refractivity contribution in [2.24, 2.45) is 5.92 Å². The van der Waals surface area contributed by atoms with Crippen molar-refractivity contribution in [2.45, 2.75) is 70.6 Å². The van der Waals surface area contributed by atoms with Gasteiger partial charge in [0.2, 0.25) is 5.88 Å². The number of carbonyl (C=O) groups is 2. The Morgan fingerprint density at radius 3 is 2.80 bits per heavy atom. The number of amides is 3. The molecule has 0 unspecified atom stereocenters. The molecular weight excluding hydrogens is 448 g/mol. The van der Waals surface area contributed by atoms with Crippen molar-refractivity contribution >= 4 is 11.9 Å². The Morgan fingerprint density at radius 1 is 1.43 bits per heavy atom. The molecule has 1 aromatic rings. The lowest BCUT2D eigenvalue weighted by molar-refractivity contribution is 0.0352. The number of carbonyl (C=O) groups excluding carboxylic acids is 2. The molecule has 1 saturated carbocycles. The van der Waals surface area contributed by atoms with Crippen LogP contribution in [0.5, 0.6) is 5.88 Å². The number of urea groups is 1. The molecule has 9 nitrogen and oxygen atoms in total. The number of nitrogens with one attached hydrogen (secondary N) is 1. The van der Waals surface area contributed by atoms with Gasteiger partial charge in [-0.2, -0.15) is 0 Å². The molecule has 1 aliphatic carbocycles. The zero-order chi connectivity index (χ0) is 25.6. The zero-order valence-corrected chi connectivity index (χ0v) is 21.2. The van der Waals surface area contributed by atoms with Crippen molar-refractivity contribution in [3.05, 3.63) is 23.4 Å². The third-order valence-electron chi connectivity index (χ3n) is 6.72. The molecule has 1 aliphatic heterocycles. The molecule has 9 heteroatoms. The standard InChI is InChI=1S/C26H38N4O5/c1-5-12-27-25(33)29(4)16-22-18(2)15-30(19(3)17-31)24(32)21-13-20(14-28-23(21)35-22)8-11-26(34)9-6-7-10-26/h13-14,18-19,22,31,34H,5-7,9-10,12,15-17H2,1-4H3,(H,27,33)/t18-,19-,22-/m1/s1. The van der Waals surface area contributed by atoms with E-state index in [0.29, 0.717) is 38.0 Å². The maximum atomic E-state index is 13.5. The van der Waals surface area contributed by atoms with Gasteiger partial charge >= 0.3 is 6.03 Å². The molecule has 35 heavy (non-hydrogen) atoms. The van der Waals surface area contributed by atoms with Crippen molar-refractivity contribution in [3.8, 4) is 17.7 Å². The first-order chi connectivity index (χ1) is 16.7. The molecule has 2 heterocycles. The van der Waals surface area contributed by atoms with Gasteiger partial charge < -0.3 is 30.1 Å². The fourth-order valence-corrected chi connectivity index (χ4v) is 4.38. The van der Waals surface area contributed by atoms with E-state index in [0.717, 1.165) is 19.3 Å². The van der Waals surface area contributed by atoms with Crippen LogP contribution in [-0.4, -0.2) is 88.0 Å². The van der Waals surface area contributed by atoms with Crippen LogP contribution in [0, 0.1) is 17.8 Å². The molecule has 192 valence electrons. The first-order valence-electron chi connectivity index (χ1n) is 12.5. The van der Waals surface area contributed by atoms with Crippen molar-refractivity contribution in [1.82, 2.24) is 20.1 Å². The highest BCUT2D eigenvalue weighted by Gasteiger charge is 2.35. The van der Waals surface area contributed by atoms with E-state index in [2.05, 4.69) is 22.1 Å². The van der Waals surface area contributed by atoms with E-state index in [4.69, 9.17) is 4.74 Å². The summed E-state index contributed by atoms with van der Waals surface area (Å²) >= 11 is 0. The lowest BCUT2D eigenvalue weighted by atomic mass is 9.99. The van der Waals surface area contributed by atoms with E-state index < -0.39 is 17.7 Å². The summed E-state index contributed by atoms with van der Waals surface area (Å²) in [5.74, 6) is 5.68. The third kappa shape index (κ3) is 6.65. The molecule has 3 amide bonds. The molecule has 0 spiro atoms. The number of aromatic nitrogens is 1. The Hall–Kier alpha value is -2.83. The van der Waals surface area contributed by atoms with Gasteiger partial charge in [-0.1, -0.05) is 25.7 Å². The molecule has 3 rings (SSSR count). The number of likely N-dealkylation sites (N-methyl/N-ethyl adjacent to an activating group) is 1. The van der Waals surface area contributed by atoms with Gasteiger partial charge in [-0.15, -0.1) is 0 Å². The van der Waals surface area contributed by atoms with Crippen LogP contribution in [0.4, 0.5) is 4.79 Å². The topological polar surface area (TPSA) is 115 Å². The first kappa shape index (κ1) is 26.8. The highest BCUT2D eigenvalue weighted by atomic mass is 16.5. The van der Waals surface area contributed by atoms with Gasteiger partial charge in [-0.25, -0.2) is 9.78 Å². The van der Waals surface area contributed by atoms with Crippen LogP contribution >= 0.6 is 0 Å². The number of ether oxygens (including phenoxy) is 1.